The molecule has 186 valence electrons. The minimum absolute atomic E-state index is 0.0299. The van der Waals surface area contributed by atoms with E-state index in [1.54, 1.807) is 31.5 Å². The summed E-state index contributed by atoms with van der Waals surface area (Å²) in [5.41, 5.74) is 0.250. The summed E-state index contributed by atoms with van der Waals surface area (Å²) in [6.45, 7) is 2.53. The van der Waals surface area contributed by atoms with Crippen molar-refractivity contribution in [2.75, 3.05) is 44.8 Å². The van der Waals surface area contributed by atoms with Crippen LogP contribution < -0.4 is 4.90 Å². The zero-order valence-electron chi connectivity index (χ0n) is 19.8. The van der Waals surface area contributed by atoms with Gasteiger partial charge in [0.1, 0.15) is 0 Å². The molecule has 0 aliphatic carbocycles. The van der Waals surface area contributed by atoms with E-state index in [-0.39, 0.29) is 22.8 Å². The fraction of sp³-hybridized carbons (Fsp3) is 0.370. The summed E-state index contributed by atoms with van der Waals surface area (Å²) in [5.74, 6) is -0.0443. The van der Waals surface area contributed by atoms with E-state index in [1.165, 1.54) is 6.07 Å². The number of methoxy groups -OCH3 is 1. The predicted molar refractivity (Wildman–Crippen MR) is 128 cm³/mol. The molecule has 3 aromatic rings. The van der Waals surface area contributed by atoms with Crippen LogP contribution in [0.3, 0.4) is 0 Å². The van der Waals surface area contributed by atoms with Crippen LogP contribution >= 0.6 is 0 Å². The number of hydrogen-bond donors (Lipinski definition) is 0. The number of piperidine rings is 1. The first kappa shape index (κ1) is 24.1. The Morgan fingerprint density at radius 3 is 2.81 bits per heavy atom. The number of fused-ring (bicyclic) bond motifs is 2. The first-order chi connectivity index (χ1) is 17.2. The van der Waals surface area contributed by atoms with E-state index in [0.29, 0.717) is 50.5 Å². The largest absolute Gasteiger partial charge is 0.417 e. The number of pyridine rings is 1. The summed E-state index contributed by atoms with van der Waals surface area (Å²) < 4.78 is 46.1. The van der Waals surface area contributed by atoms with Crippen LogP contribution in [0.1, 0.15) is 27.9 Å². The molecule has 0 saturated carbocycles. The molecule has 2 fully saturated rings. The number of hydrogen-bond acceptors (Lipinski definition) is 5. The number of alkyl halides is 3. The average molecular weight is 495 g/mol. The minimum atomic E-state index is -4.61. The summed E-state index contributed by atoms with van der Waals surface area (Å²) in [5, 5.41) is 10.0. The highest BCUT2D eigenvalue weighted by Gasteiger charge is 2.51. The molecule has 1 amide bonds. The molecule has 2 aromatic carbocycles. The van der Waals surface area contributed by atoms with Crippen LogP contribution in [-0.4, -0.2) is 55.7 Å². The van der Waals surface area contributed by atoms with Crippen LogP contribution in [0.4, 0.5) is 18.9 Å². The van der Waals surface area contributed by atoms with Gasteiger partial charge in [0.05, 0.1) is 29.3 Å². The molecule has 1 aromatic heterocycles. The number of anilines is 1. The number of rotatable bonds is 4. The maximum atomic E-state index is 13.5. The molecule has 0 radical (unpaired) electrons. The molecular weight excluding hydrogens is 469 g/mol. The number of carbonyl (C=O) groups is 1. The maximum Gasteiger partial charge on any atom is 0.417 e. The predicted octanol–water partition coefficient (Wildman–Crippen LogP) is 4.74. The lowest BCUT2D eigenvalue weighted by Gasteiger charge is -2.44. The zero-order chi connectivity index (χ0) is 25.5. The first-order valence-electron chi connectivity index (χ1n) is 11.7. The summed E-state index contributed by atoms with van der Waals surface area (Å²) in [7, 11) is 1.63. The number of aromatic nitrogens is 1. The SMILES string of the molecule is COC[C@@]12CCN(c3ccc(C#N)c(C(F)(F)F)c3)C[C@@H]1CN(C(=O)c1ccc3ncccc3c1)C2. The van der Waals surface area contributed by atoms with E-state index >= 15 is 0 Å². The van der Waals surface area contributed by atoms with E-state index in [9.17, 15) is 18.0 Å². The van der Waals surface area contributed by atoms with Gasteiger partial charge in [0, 0.05) is 67.5 Å². The molecule has 36 heavy (non-hydrogen) atoms. The van der Waals surface area contributed by atoms with E-state index in [0.717, 1.165) is 17.0 Å². The second-order valence-electron chi connectivity index (χ2n) is 9.62. The smallest absolute Gasteiger partial charge is 0.384 e. The fourth-order valence-electron chi connectivity index (χ4n) is 5.65. The quantitative estimate of drug-likeness (QED) is 0.524. The zero-order valence-corrected chi connectivity index (χ0v) is 19.8. The van der Waals surface area contributed by atoms with Gasteiger partial charge in [-0.05, 0) is 48.9 Å². The highest BCUT2D eigenvalue weighted by atomic mass is 19.4. The van der Waals surface area contributed by atoms with Gasteiger partial charge in [-0.3, -0.25) is 9.78 Å². The van der Waals surface area contributed by atoms with Gasteiger partial charge in [-0.25, -0.2) is 0 Å². The van der Waals surface area contributed by atoms with Crippen LogP contribution in [0.5, 0.6) is 0 Å². The number of nitrogens with zero attached hydrogens (tertiary/aromatic N) is 4. The molecule has 6 nitrogen and oxygen atoms in total. The average Bonchev–Trinajstić information content (AvgIpc) is 3.25. The van der Waals surface area contributed by atoms with Crippen molar-refractivity contribution >= 4 is 22.5 Å². The lowest BCUT2D eigenvalue weighted by atomic mass is 9.73. The second kappa shape index (κ2) is 9.10. The number of ether oxygens (including phenoxy) is 1. The van der Waals surface area contributed by atoms with E-state index in [4.69, 9.17) is 10.00 Å². The Kier molecular flexibility index (Phi) is 6.08. The van der Waals surface area contributed by atoms with E-state index in [1.807, 2.05) is 34.1 Å². The number of nitriles is 1. The molecule has 2 saturated heterocycles. The van der Waals surface area contributed by atoms with Crippen molar-refractivity contribution in [2.24, 2.45) is 11.3 Å². The van der Waals surface area contributed by atoms with Crippen LogP contribution in [0, 0.1) is 22.7 Å². The monoisotopic (exact) mass is 494 g/mol. The highest BCUT2D eigenvalue weighted by Crippen LogP contribution is 2.45. The second-order valence-corrected chi connectivity index (χ2v) is 9.62. The van der Waals surface area contributed by atoms with Gasteiger partial charge in [0.2, 0.25) is 0 Å². The molecule has 9 heteroatoms. The van der Waals surface area contributed by atoms with Gasteiger partial charge >= 0.3 is 6.18 Å². The molecule has 2 aliphatic heterocycles. The Morgan fingerprint density at radius 1 is 1.22 bits per heavy atom. The molecule has 3 heterocycles. The summed E-state index contributed by atoms with van der Waals surface area (Å²) in [4.78, 5) is 21.5. The molecule has 2 aliphatic rings. The third-order valence-corrected chi connectivity index (χ3v) is 7.50. The van der Waals surface area contributed by atoms with Crippen molar-refractivity contribution in [3.63, 3.8) is 0 Å². The summed E-state index contributed by atoms with van der Waals surface area (Å²) in [6.07, 6.45) is -2.22. The normalized spacial score (nSPS) is 21.9. The number of benzene rings is 2. The Morgan fingerprint density at radius 2 is 2.06 bits per heavy atom. The van der Waals surface area contributed by atoms with Crippen molar-refractivity contribution in [2.45, 2.75) is 12.6 Å². The van der Waals surface area contributed by atoms with Crippen LogP contribution in [0.15, 0.2) is 54.7 Å². The van der Waals surface area contributed by atoms with Crippen molar-refractivity contribution in [3.05, 3.63) is 71.4 Å². The molecule has 0 unspecified atom stereocenters. The Balaban J connectivity index is 1.40. The third kappa shape index (κ3) is 4.26. The standard InChI is InChI=1S/C27H25F3N4O2/c1-36-17-26-8-10-33(22-6-4-20(13-31)23(12-22)27(28,29)30)14-21(26)15-34(16-26)25(35)19-5-7-24-18(11-19)3-2-9-32-24/h2-7,9,11-12,21H,8,10,14-17H2,1H3/t21-,26+/m1/s1. The maximum absolute atomic E-state index is 13.5. The van der Waals surface area contributed by atoms with Gasteiger partial charge in [-0.1, -0.05) is 6.07 Å². The Hall–Kier alpha value is -3.64. The number of carbonyl (C=O) groups excluding carboxylic acids is 1. The molecule has 0 N–H and O–H groups in total. The van der Waals surface area contributed by atoms with E-state index in [2.05, 4.69) is 4.98 Å². The molecular formula is C27H25F3N4O2. The Labute approximate surface area is 206 Å². The molecule has 0 spiro atoms. The van der Waals surface area contributed by atoms with Gasteiger partial charge in [-0.15, -0.1) is 0 Å². The van der Waals surface area contributed by atoms with Gasteiger partial charge in [0.15, 0.2) is 0 Å². The van der Waals surface area contributed by atoms with Gasteiger partial charge < -0.3 is 14.5 Å². The van der Waals surface area contributed by atoms with Crippen molar-refractivity contribution in [3.8, 4) is 6.07 Å². The topological polar surface area (TPSA) is 69.5 Å². The molecule has 0 bridgehead atoms. The summed E-state index contributed by atoms with van der Waals surface area (Å²) in [6, 6.07) is 14.7. The van der Waals surface area contributed by atoms with E-state index < -0.39 is 11.7 Å². The fourth-order valence-corrected chi connectivity index (χ4v) is 5.65. The van der Waals surface area contributed by atoms with Crippen molar-refractivity contribution in [1.29, 1.82) is 5.26 Å². The van der Waals surface area contributed by atoms with Crippen molar-refractivity contribution in [1.82, 2.24) is 9.88 Å². The number of halogens is 3. The van der Waals surface area contributed by atoms with Gasteiger partial charge in [-0.2, -0.15) is 18.4 Å². The highest BCUT2D eigenvalue weighted by molar-refractivity contribution is 5.98. The number of likely N-dealkylation sites (tertiary alicyclic amines) is 1. The molecule has 5 rings (SSSR count). The molecule has 2 atom stereocenters. The van der Waals surface area contributed by atoms with Gasteiger partial charge in [0.25, 0.3) is 5.91 Å². The summed E-state index contributed by atoms with van der Waals surface area (Å²) >= 11 is 0. The van der Waals surface area contributed by atoms with Crippen molar-refractivity contribution < 1.29 is 22.7 Å². The Bertz CT molecular complexity index is 1350. The lowest BCUT2D eigenvalue weighted by molar-refractivity contribution is -0.137. The third-order valence-electron chi connectivity index (χ3n) is 7.50. The lowest BCUT2D eigenvalue weighted by Crippen LogP contribution is -2.49. The number of amides is 1. The first-order valence-corrected chi connectivity index (χ1v) is 11.7. The van der Waals surface area contributed by atoms with Crippen LogP contribution in [0.25, 0.3) is 10.9 Å². The minimum Gasteiger partial charge on any atom is -0.384 e. The van der Waals surface area contributed by atoms with Crippen LogP contribution in [0.2, 0.25) is 0 Å². The van der Waals surface area contributed by atoms with Crippen LogP contribution in [-0.2, 0) is 10.9 Å².